The van der Waals surface area contributed by atoms with Gasteiger partial charge in [-0.2, -0.15) is 0 Å². The molecule has 2 N–H and O–H groups in total. The largest absolute Gasteiger partial charge is 0.481 e. The summed E-state index contributed by atoms with van der Waals surface area (Å²) in [5.74, 6) is 0.295. The van der Waals surface area contributed by atoms with Gasteiger partial charge in [0.15, 0.2) is 0 Å². The Bertz CT molecular complexity index is 726. The molecule has 122 valence electrons. The zero-order chi connectivity index (χ0) is 16.4. The summed E-state index contributed by atoms with van der Waals surface area (Å²) >= 11 is 1.31. The topological polar surface area (TPSA) is 88.8 Å². The summed E-state index contributed by atoms with van der Waals surface area (Å²) in [7, 11) is 0. The van der Waals surface area contributed by atoms with Gasteiger partial charge in [0.25, 0.3) is 5.91 Å². The Morgan fingerprint density at radius 3 is 2.78 bits per heavy atom. The number of carboxylic acid groups (broad SMARTS) is 1. The van der Waals surface area contributed by atoms with Crippen molar-refractivity contribution < 1.29 is 23.8 Å². The molecule has 23 heavy (non-hydrogen) atoms. The molecule has 7 heteroatoms. The lowest BCUT2D eigenvalue weighted by Crippen LogP contribution is -2.50. The van der Waals surface area contributed by atoms with Crippen molar-refractivity contribution >= 4 is 23.2 Å². The number of carbonyl (C=O) groups is 2. The number of aryl methyl sites for hydroxylation is 1. The highest BCUT2D eigenvalue weighted by molar-refractivity contribution is 7.17. The van der Waals surface area contributed by atoms with Crippen LogP contribution in [0.3, 0.4) is 0 Å². The van der Waals surface area contributed by atoms with Crippen molar-refractivity contribution in [3.05, 3.63) is 34.9 Å². The number of nitrogens with one attached hydrogen (secondary N) is 1. The van der Waals surface area contributed by atoms with E-state index in [4.69, 9.17) is 14.3 Å². The fourth-order valence-corrected chi connectivity index (χ4v) is 3.50. The molecule has 0 spiro atoms. The van der Waals surface area contributed by atoms with Crippen LogP contribution in [0.2, 0.25) is 0 Å². The third-order valence-electron chi connectivity index (χ3n) is 3.78. The fraction of sp³-hybridized carbons (Fsp3) is 0.375. The minimum absolute atomic E-state index is 0.144. The monoisotopic (exact) mass is 335 g/mol. The van der Waals surface area contributed by atoms with Crippen molar-refractivity contribution in [2.75, 3.05) is 13.2 Å². The molecule has 0 aliphatic carbocycles. The van der Waals surface area contributed by atoms with E-state index in [1.165, 1.54) is 11.3 Å². The number of amides is 1. The molecule has 0 saturated carbocycles. The third kappa shape index (κ3) is 3.46. The quantitative estimate of drug-likeness (QED) is 0.877. The predicted octanol–water partition coefficient (Wildman–Crippen LogP) is 2.68. The molecule has 1 amide bonds. The summed E-state index contributed by atoms with van der Waals surface area (Å²) < 4.78 is 10.8. The Balaban J connectivity index is 1.75. The fourth-order valence-electron chi connectivity index (χ4n) is 2.64. The van der Waals surface area contributed by atoms with Gasteiger partial charge in [-0.3, -0.25) is 9.59 Å². The average molecular weight is 335 g/mol. The average Bonchev–Trinajstić information content (AvgIpc) is 3.18. The molecule has 1 unspecified atom stereocenters. The Morgan fingerprint density at radius 2 is 2.17 bits per heavy atom. The zero-order valence-electron chi connectivity index (χ0n) is 12.6. The van der Waals surface area contributed by atoms with Crippen LogP contribution in [0.15, 0.2) is 28.7 Å². The standard InChI is InChI=1S/C16H17NO5S/c1-10-2-3-11(22-10)12-4-5-13(23-12)15(20)17-16(8-14(18)19)6-7-21-9-16/h2-5H,6-9H2,1H3,(H,17,20)(H,18,19). The van der Waals surface area contributed by atoms with E-state index in [0.717, 1.165) is 16.4 Å². The van der Waals surface area contributed by atoms with Gasteiger partial charge < -0.3 is 19.6 Å². The number of rotatable bonds is 5. The van der Waals surface area contributed by atoms with Gasteiger partial charge in [0, 0.05) is 6.61 Å². The lowest BCUT2D eigenvalue weighted by molar-refractivity contribution is -0.138. The van der Waals surface area contributed by atoms with Crippen LogP contribution >= 0.6 is 11.3 Å². The van der Waals surface area contributed by atoms with Crippen molar-refractivity contribution in [1.82, 2.24) is 5.32 Å². The number of carboxylic acids is 1. The maximum atomic E-state index is 12.5. The Hall–Kier alpha value is -2.12. The van der Waals surface area contributed by atoms with Crippen molar-refractivity contribution in [3.63, 3.8) is 0 Å². The number of thiophene rings is 1. The minimum atomic E-state index is -0.950. The number of ether oxygens (including phenoxy) is 1. The van der Waals surface area contributed by atoms with Crippen LogP contribution in [0.1, 0.15) is 28.3 Å². The van der Waals surface area contributed by atoms with Gasteiger partial charge >= 0.3 is 5.97 Å². The van der Waals surface area contributed by atoms with E-state index >= 15 is 0 Å². The van der Waals surface area contributed by atoms with Crippen molar-refractivity contribution in [2.45, 2.75) is 25.3 Å². The van der Waals surface area contributed by atoms with Gasteiger partial charge in [-0.1, -0.05) is 0 Å². The summed E-state index contributed by atoms with van der Waals surface area (Å²) in [6, 6.07) is 7.27. The van der Waals surface area contributed by atoms with Crippen LogP contribution in [-0.2, 0) is 9.53 Å². The number of furan rings is 1. The van der Waals surface area contributed by atoms with E-state index in [0.29, 0.717) is 17.9 Å². The molecule has 1 saturated heterocycles. The van der Waals surface area contributed by atoms with E-state index in [2.05, 4.69) is 5.32 Å². The van der Waals surface area contributed by atoms with Gasteiger partial charge in [-0.15, -0.1) is 11.3 Å². The summed E-state index contributed by atoms with van der Waals surface area (Å²) in [4.78, 5) is 24.9. The Kier molecular flexibility index (Phi) is 4.23. The smallest absolute Gasteiger partial charge is 0.305 e. The molecule has 0 radical (unpaired) electrons. The molecular formula is C16H17NO5S. The summed E-state index contributed by atoms with van der Waals surface area (Å²) in [6.07, 6.45) is 0.356. The first-order chi connectivity index (χ1) is 11.0. The van der Waals surface area contributed by atoms with Crippen LogP contribution in [0.5, 0.6) is 0 Å². The molecule has 6 nitrogen and oxygen atoms in total. The van der Waals surface area contributed by atoms with E-state index in [1.54, 1.807) is 6.07 Å². The van der Waals surface area contributed by atoms with Gasteiger partial charge in [0.1, 0.15) is 11.5 Å². The molecule has 1 aliphatic heterocycles. The highest BCUT2D eigenvalue weighted by Crippen LogP contribution is 2.30. The highest BCUT2D eigenvalue weighted by Gasteiger charge is 2.39. The maximum absolute atomic E-state index is 12.5. The SMILES string of the molecule is Cc1ccc(-c2ccc(C(=O)NC3(CC(=O)O)CCOC3)s2)o1. The van der Waals surface area contributed by atoms with Crippen molar-refractivity contribution in [1.29, 1.82) is 0 Å². The number of hydrogen-bond acceptors (Lipinski definition) is 5. The molecule has 2 aromatic rings. The normalized spacial score (nSPS) is 20.6. The van der Waals surface area contributed by atoms with Crippen LogP contribution in [0.4, 0.5) is 0 Å². The van der Waals surface area contributed by atoms with Crippen LogP contribution in [-0.4, -0.2) is 35.7 Å². The molecule has 0 aromatic carbocycles. The molecule has 1 atom stereocenters. The van der Waals surface area contributed by atoms with Crippen LogP contribution < -0.4 is 5.32 Å². The van der Waals surface area contributed by atoms with E-state index in [1.807, 2.05) is 25.1 Å². The second-order valence-corrected chi connectivity index (χ2v) is 6.77. The molecular weight excluding hydrogens is 318 g/mol. The number of carbonyl (C=O) groups excluding carboxylic acids is 1. The van der Waals surface area contributed by atoms with Gasteiger partial charge in [0.05, 0.1) is 28.3 Å². The molecule has 1 fully saturated rings. The van der Waals surface area contributed by atoms with Gasteiger partial charge in [-0.25, -0.2) is 0 Å². The molecule has 3 heterocycles. The summed E-state index contributed by atoms with van der Waals surface area (Å²) in [5, 5.41) is 11.9. The second-order valence-electron chi connectivity index (χ2n) is 5.68. The van der Waals surface area contributed by atoms with E-state index in [-0.39, 0.29) is 18.9 Å². The van der Waals surface area contributed by atoms with Crippen LogP contribution in [0, 0.1) is 6.92 Å². The molecule has 3 rings (SSSR count). The predicted molar refractivity (Wildman–Crippen MR) is 84.6 cm³/mol. The molecule has 0 bridgehead atoms. The lowest BCUT2D eigenvalue weighted by Gasteiger charge is -2.26. The van der Waals surface area contributed by atoms with Gasteiger partial charge in [-0.05, 0) is 37.6 Å². The number of hydrogen-bond donors (Lipinski definition) is 2. The van der Waals surface area contributed by atoms with Crippen molar-refractivity contribution in [3.8, 4) is 10.6 Å². The summed E-state index contributed by atoms with van der Waals surface area (Å²) in [5.41, 5.74) is -0.825. The first-order valence-corrected chi connectivity index (χ1v) is 8.08. The Labute approximate surface area is 137 Å². The zero-order valence-corrected chi connectivity index (χ0v) is 13.4. The Morgan fingerprint density at radius 1 is 1.35 bits per heavy atom. The third-order valence-corrected chi connectivity index (χ3v) is 4.88. The maximum Gasteiger partial charge on any atom is 0.305 e. The lowest BCUT2D eigenvalue weighted by atomic mass is 9.94. The first-order valence-electron chi connectivity index (χ1n) is 7.26. The summed E-state index contributed by atoms with van der Waals surface area (Å²) in [6.45, 7) is 2.54. The van der Waals surface area contributed by atoms with E-state index in [9.17, 15) is 9.59 Å². The highest BCUT2D eigenvalue weighted by atomic mass is 32.1. The van der Waals surface area contributed by atoms with Gasteiger partial charge in [0.2, 0.25) is 0 Å². The van der Waals surface area contributed by atoms with Crippen LogP contribution in [0.25, 0.3) is 10.6 Å². The van der Waals surface area contributed by atoms with E-state index < -0.39 is 11.5 Å². The first kappa shape index (κ1) is 15.8. The molecule has 1 aliphatic rings. The number of aliphatic carboxylic acids is 1. The second kappa shape index (κ2) is 6.17. The molecule has 2 aromatic heterocycles. The minimum Gasteiger partial charge on any atom is -0.481 e. The van der Waals surface area contributed by atoms with Crippen molar-refractivity contribution in [2.24, 2.45) is 0 Å².